The number of carbonyl (C=O) groups is 1. The topological polar surface area (TPSA) is 32.3 Å². The maximum absolute atomic E-state index is 12.8. The van der Waals surface area contributed by atoms with E-state index in [1.54, 1.807) is 11.8 Å². The normalized spacial score (nSPS) is 27.1. The predicted molar refractivity (Wildman–Crippen MR) is 83.8 cm³/mol. The number of nitrogens with zero attached hydrogens (tertiary/aromatic N) is 1. The van der Waals surface area contributed by atoms with Crippen molar-refractivity contribution in [1.29, 1.82) is 0 Å². The average Bonchev–Trinajstić information content (AvgIpc) is 2.80. The van der Waals surface area contributed by atoms with Gasteiger partial charge < -0.3 is 10.2 Å². The molecule has 3 nitrogen and oxygen atoms in total. The third-order valence-electron chi connectivity index (χ3n) is 4.40. The zero-order chi connectivity index (χ0) is 13.9. The number of amides is 1. The van der Waals surface area contributed by atoms with Crippen molar-refractivity contribution in [3.05, 3.63) is 35.9 Å². The number of carbonyl (C=O) groups excluding carboxylic acids is 1. The van der Waals surface area contributed by atoms with Crippen LogP contribution in [0.15, 0.2) is 30.3 Å². The summed E-state index contributed by atoms with van der Waals surface area (Å²) in [5.74, 6) is 0.276. The Morgan fingerprint density at radius 1 is 1.25 bits per heavy atom. The molecule has 0 aromatic heterocycles. The van der Waals surface area contributed by atoms with E-state index in [4.69, 9.17) is 0 Å². The first-order chi connectivity index (χ1) is 9.78. The Labute approximate surface area is 125 Å². The van der Waals surface area contributed by atoms with Gasteiger partial charge in [-0.05, 0) is 31.1 Å². The van der Waals surface area contributed by atoms with E-state index in [1.807, 2.05) is 24.5 Å². The predicted octanol–water partition coefficient (Wildman–Crippen LogP) is 2.44. The number of benzene rings is 1. The van der Waals surface area contributed by atoms with E-state index in [1.165, 1.54) is 12.8 Å². The molecule has 4 heteroatoms. The smallest absolute Gasteiger partial charge is 0.240 e. The molecule has 2 aliphatic rings. The van der Waals surface area contributed by atoms with Crippen molar-refractivity contribution in [3.8, 4) is 0 Å². The number of nitrogens with one attached hydrogen (secondary N) is 1. The monoisotopic (exact) mass is 290 g/mol. The van der Waals surface area contributed by atoms with Crippen LogP contribution in [0, 0.1) is 0 Å². The molecule has 2 fully saturated rings. The molecule has 1 N–H and O–H groups in total. The van der Waals surface area contributed by atoms with Crippen LogP contribution < -0.4 is 5.32 Å². The first-order valence-corrected chi connectivity index (χ1v) is 8.69. The average molecular weight is 290 g/mol. The zero-order valence-electron chi connectivity index (χ0n) is 11.9. The van der Waals surface area contributed by atoms with E-state index in [-0.39, 0.29) is 11.2 Å². The van der Waals surface area contributed by atoms with Crippen molar-refractivity contribution in [2.75, 3.05) is 19.3 Å². The number of hydrogen-bond donors (Lipinski definition) is 1. The van der Waals surface area contributed by atoms with Crippen molar-refractivity contribution < 1.29 is 4.79 Å². The molecular formula is C16H22N2OS. The van der Waals surface area contributed by atoms with Crippen LogP contribution in [0.5, 0.6) is 0 Å². The summed E-state index contributed by atoms with van der Waals surface area (Å²) in [5, 5.41) is 3.57. The van der Waals surface area contributed by atoms with Crippen LogP contribution in [0.2, 0.25) is 0 Å². The van der Waals surface area contributed by atoms with Gasteiger partial charge in [-0.1, -0.05) is 30.3 Å². The second-order valence-corrected chi connectivity index (χ2v) is 6.68. The van der Waals surface area contributed by atoms with Gasteiger partial charge in [-0.15, -0.1) is 11.8 Å². The van der Waals surface area contributed by atoms with Crippen molar-refractivity contribution in [3.63, 3.8) is 0 Å². The summed E-state index contributed by atoms with van der Waals surface area (Å²) in [6, 6.07) is 11.3. The fourth-order valence-electron chi connectivity index (χ4n) is 3.32. The summed E-state index contributed by atoms with van der Waals surface area (Å²) in [6.07, 6.45) is 5.61. The van der Waals surface area contributed by atoms with Gasteiger partial charge in [-0.3, -0.25) is 4.79 Å². The van der Waals surface area contributed by atoms with E-state index in [2.05, 4.69) is 22.3 Å². The van der Waals surface area contributed by atoms with E-state index >= 15 is 0 Å². The molecule has 0 aliphatic carbocycles. The number of likely N-dealkylation sites (tertiary alicyclic amines) is 1. The SMILES string of the molecule is CSC(C(=O)N1CCC2CCC(C1)N2)c1ccccc1. The van der Waals surface area contributed by atoms with Gasteiger partial charge in [0.15, 0.2) is 0 Å². The minimum Gasteiger partial charge on any atom is -0.340 e. The van der Waals surface area contributed by atoms with Gasteiger partial charge in [0.2, 0.25) is 5.91 Å². The first kappa shape index (κ1) is 14.0. The number of fused-ring (bicyclic) bond motifs is 2. The van der Waals surface area contributed by atoms with Crippen LogP contribution in [0.3, 0.4) is 0 Å². The summed E-state index contributed by atoms with van der Waals surface area (Å²) in [4.78, 5) is 14.9. The molecule has 20 heavy (non-hydrogen) atoms. The van der Waals surface area contributed by atoms with Crippen molar-refractivity contribution in [1.82, 2.24) is 10.2 Å². The van der Waals surface area contributed by atoms with Crippen LogP contribution in [-0.2, 0) is 4.79 Å². The molecule has 1 aromatic carbocycles. The summed E-state index contributed by atoms with van der Waals surface area (Å²) in [5.41, 5.74) is 1.12. The summed E-state index contributed by atoms with van der Waals surface area (Å²) < 4.78 is 0. The Morgan fingerprint density at radius 2 is 2.00 bits per heavy atom. The molecular weight excluding hydrogens is 268 g/mol. The van der Waals surface area contributed by atoms with E-state index in [0.29, 0.717) is 12.1 Å². The molecule has 3 unspecified atom stereocenters. The molecule has 2 heterocycles. The highest BCUT2D eigenvalue weighted by Gasteiger charge is 2.33. The molecule has 3 rings (SSSR count). The lowest BCUT2D eigenvalue weighted by Gasteiger charge is -2.28. The molecule has 0 radical (unpaired) electrons. The third-order valence-corrected chi connectivity index (χ3v) is 5.34. The Bertz CT molecular complexity index is 465. The fraction of sp³-hybridized carbons (Fsp3) is 0.562. The largest absolute Gasteiger partial charge is 0.340 e. The Hall–Kier alpha value is -1.00. The third kappa shape index (κ3) is 2.86. The number of rotatable bonds is 3. The Kier molecular flexibility index (Phi) is 4.32. The van der Waals surface area contributed by atoms with Crippen LogP contribution in [0.1, 0.15) is 30.1 Å². The molecule has 0 spiro atoms. The summed E-state index contributed by atoms with van der Waals surface area (Å²) >= 11 is 1.64. The van der Waals surface area contributed by atoms with Gasteiger partial charge in [0.1, 0.15) is 5.25 Å². The number of hydrogen-bond acceptors (Lipinski definition) is 3. The lowest BCUT2D eigenvalue weighted by atomic mass is 10.1. The molecule has 2 aliphatic heterocycles. The van der Waals surface area contributed by atoms with Gasteiger partial charge in [-0.2, -0.15) is 0 Å². The molecule has 1 aromatic rings. The van der Waals surface area contributed by atoms with Crippen LogP contribution in [0.25, 0.3) is 0 Å². The van der Waals surface area contributed by atoms with Gasteiger partial charge in [0.25, 0.3) is 0 Å². The molecule has 1 amide bonds. The maximum Gasteiger partial charge on any atom is 0.240 e. The van der Waals surface area contributed by atoms with Crippen molar-refractivity contribution >= 4 is 17.7 Å². The molecule has 2 saturated heterocycles. The highest BCUT2D eigenvalue weighted by Crippen LogP contribution is 2.30. The van der Waals surface area contributed by atoms with E-state index < -0.39 is 0 Å². The van der Waals surface area contributed by atoms with Crippen LogP contribution >= 0.6 is 11.8 Å². The lowest BCUT2D eigenvalue weighted by Crippen LogP contribution is -2.40. The van der Waals surface area contributed by atoms with Gasteiger partial charge in [0, 0.05) is 25.2 Å². The molecule has 2 bridgehead atoms. The van der Waals surface area contributed by atoms with Gasteiger partial charge >= 0.3 is 0 Å². The van der Waals surface area contributed by atoms with Crippen molar-refractivity contribution in [2.45, 2.75) is 36.6 Å². The fourth-order valence-corrected chi connectivity index (χ4v) is 4.10. The molecule has 108 valence electrons. The van der Waals surface area contributed by atoms with Crippen molar-refractivity contribution in [2.24, 2.45) is 0 Å². The maximum atomic E-state index is 12.8. The van der Waals surface area contributed by atoms with E-state index in [9.17, 15) is 4.79 Å². The minimum atomic E-state index is -0.0622. The second-order valence-electron chi connectivity index (χ2n) is 5.74. The highest BCUT2D eigenvalue weighted by molar-refractivity contribution is 7.99. The lowest BCUT2D eigenvalue weighted by molar-refractivity contribution is -0.130. The minimum absolute atomic E-state index is 0.0622. The zero-order valence-corrected chi connectivity index (χ0v) is 12.7. The first-order valence-electron chi connectivity index (χ1n) is 7.40. The molecule has 3 atom stereocenters. The highest BCUT2D eigenvalue weighted by atomic mass is 32.2. The summed E-state index contributed by atoms with van der Waals surface area (Å²) in [6.45, 7) is 1.77. The number of thioether (sulfide) groups is 1. The molecule has 0 saturated carbocycles. The van der Waals surface area contributed by atoms with E-state index in [0.717, 1.165) is 25.1 Å². The Balaban J connectivity index is 1.73. The standard InChI is InChI=1S/C16H22N2OS/c1-20-15(12-5-3-2-4-6-12)16(19)18-10-9-13-7-8-14(11-18)17-13/h2-6,13-15,17H,7-11H2,1H3. The Morgan fingerprint density at radius 3 is 2.75 bits per heavy atom. The van der Waals surface area contributed by atoms with Gasteiger partial charge in [0.05, 0.1) is 0 Å². The van der Waals surface area contributed by atoms with Gasteiger partial charge in [-0.25, -0.2) is 0 Å². The summed E-state index contributed by atoms with van der Waals surface area (Å²) in [7, 11) is 0. The van der Waals surface area contributed by atoms with Crippen LogP contribution in [0.4, 0.5) is 0 Å². The second kappa shape index (κ2) is 6.19. The quantitative estimate of drug-likeness (QED) is 0.928. The van der Waals surface area contributed by atoms with Crippen LogP contribution in [-0.4, -0.2) is 42.2 Å².